The molecule has 2 unspecified atom stereocenters. The number of phosphoric acid groups is 1. The van der Waals surface area contributed by atoms with Crippen LogP contribution >= 0.6 is 7.82 Å². The van der Waals surface area contributed by atoms with E-state index in [2.05, 4.69) is 49.5 Å². The van der Waals surface area contributed by atoms with Crippen LogP contribution in [0.3, 0.4) is 0 Å². The first kappa shape index (κ1) is 48.6. The Bertz CT molecular complexity index is 1120. The van der Waals surface area contributed by atoms with E-state index in [0.29, 0.717) is 30.3 Å². The summed E-state index contributed by atoms with van der Waals surface area (Å²) in [6.07, 6.45) is 39.8. The second-order valence-electron chi connectivity index (χ2n) is 13.8. The van der Waals surface area contributed by atoms with Crippen LogP contribution in [-0.4, -0.2) is 84.6 Å². The summed E-state index contributed by atoms with van der Waals surface area (Å²) in [5.74, 6) is -0.277. The summed E-state index contributed by atoms with van der Waals surface area (Å²) in [4.78, 5) is 22.9. The topological polar surface area (TPSA) is 125 Å². The average molecular weight is 736 g/mol. The van der Waals surface area contributed by atoms with Crippen molar-refractivity contribution in [3.8, 4) is 0 Å². The van der Waals surface area contributed by atoms with Crippen molar-refractivity contribution in [2.75, 3.05) is 40.9 Å². The third kappa shape index (κ3) is 34.5. The molecule has 0 aliphatic rings. The second-order valence-corrected chi connectivity index (χ2v) is 15.2. The van der Waals surface area contributed by atoms with Crippen molar-refractivity contribution in [3.63, 3.8) is 0 Å². The lowest BCUT2D eigenvalue weighted by molar-refractivity contribution is -0.870. The molecule has 0 aromatic carbocycles. The molecule has 0 spiro atoms. The zero-order valence-electron chi connectivity index (χ0n) is 32.4. The second kappa shape index (κ2) is 32.3. The third-order valence-corrected chi connectivity index (χ3v) is 8.66. The van der Waals surface area contributed by atoms with Crippen LogP contribution in [0.4, 0.5) is 0 Å². The Labute approximate surface area is 310 Å². The van der Waals surface area contributed by atoms with Gasteiger partial charge in [-0.1, -0.05) is 125 Å². The number of quaternary nitrogens is 1. The van der Waals surface area contributed by atoms with Crippen LogP contribution in [0.1, 0.15) is 110 Å². The number of aliphatic hydroxyl groups is 2. The lowest BCUT2D eigenvalue weighted by atomic mass is 10.1. The van der Waals surface area contributed by atoms with E-state index in [1.807, 2.05) is 63.7 Å². The molecule has 292 valence electrons. The van der Waals surface area contributed by atoms with Crippen molar-refractivity contribution >= 4 is 13.7 Å². The molecule has 4 N–H and O–H groups in total. The molecule has 51 heavy (non-hydrogen) atoms. The van der Waals surface area contributed by atoms with Crippen molar-refractivity contribution < 1.29 is 38.0 Å². The van der Waals surface area contributed by atoms with E-state index in [-0.39, 0.29) is 25.5 Å². The van der Waals surface area contributed by atoms with Gasteiger partial charge in [-0.2, -0.15) is 0 Å². The van der Waals surface area contributed by atoms with Gasteiger partial charge in [0.25, 0.3) is 0 Å². The van der Waals surface area contributed by atoms with Crippen LogP contribution in [0.5, 0.6) is 0 Å². The van der Waals surface area contributed by atoms with Gasteiger partial charge < -0.3 is 24.9 Å². The highest BCUT2D eigenvalue weighted by Gasteiger charge is 2.27. The quantitative estimate of drug-likeness (QED) is 0.0179. The number of allylic oxidation sites excluding steroid dienone is 11. The molecule has 0 aromatic heterocycles. The molecule has 0 radical (unpaired) electrons. The highest BCUT2D eigenvalue weighted by Crippen LogP contribution is 2.43. The number of unbranched alkanes of at least 4 members (excludes halogenated alkanes) is 7. The van der Waals surface area contributed by atoms with Gasteiger partial charge >= 0.3 is 7.82 Å². The van der Waals surface area contributed by atoms with Crippen molar-refractivity contribution in [2.24, 2.45) is 0 Å². The molecule has 0 aromatic rings. The highest BCUT2D eigenvalue weighted by molar-refractivity contribution is 7.47. The van der Waals surface area contributed by atoms with E-state index in [4.69, 9.17) is 9.05 Å². The van der Waals surface area contributed by atoms with Crippen molar-refractivity contribution in [3.05, 3.63) is 85.1 Å². The first-order valence-corrected chi connectivity index (χ1v) is 20.6. The Morgan fingerprint density at radius 2 is 1.39 bits per heavy atom. The largest absolute Gasteiger partial charge is 0.472 e. The fourth-order valence-corrected chi connectivity index (χ4v) is 5.32. The van der Waals surface area contributed by atoms with Crippen molar-refractivity contribution in [1.82, 2.24) is 5.32 Å². The predicted molar refractivity (Wildman–Crippen MR) is 213 cm³/mol. The van der Waals surface area contributed by atoms with Crippen LogP contribution in [0.2, 0.25) is 0 Å². The SMILES string of the molecule is CC/C=C\C/C=C\CC(O)/C=C/C=C\C/C=C\CCCC(=O)N[C@@H](COP(=O)(O)OCC[N+](C)(C)C)[C@H](O)/C=C/CC/C=C\CCCCCCC. The van der Waals surface area contributed by atoms with Gasteiger partial charge in [0, 0.05) is 6.42 Å². The van der Waals surface area contributed by atoms with E-state index in [1.54, 1.807) is 12.2 Å². The highest BCUT2D eigenvalue weighted by atomic mass is 31.2. The Morgan fingerprint density at radius 3 is 2.14 bits per heavy atom. The van der Waals surface area contributed by atoms with Crippen LogP contribution < -0.4 is 5.32 Å². The van der Waals surface area contributed by atoms with Gasteiger partial charge in [-0.15, -0.1) is 0 Å². The van der Waals surface area contributed by atoms with Gasteiger partial charge in [-0.25, -0.2) is 4.57 Å². The minimum atomic E-state index is -4.37. The standard InChI is InChI=1S/C41H71N2O7P/c1-6-8-10-12-14-15-16-17-21-25-29-33-40(45)39(37-50-51(47,48)49-36-35-43(3,4)5)42-41(46)34-30-26-22-19-18-20-24-28-32-38(44)31-27-23-13-11-9-7-2/h9,11,16-17,19-20,22-24,27-29,32-33,38-40,44-45H,6-8,10,12-15,18,21,25-26,30-31,34-37H2,1-5H3,(H-,42,46,47,48)/p+1/b11-9-,17-16-,22-19-,24-20-,27-23-,32-28+,33-29+/t38?,39-,40+/m0/s1. The molecule has 0 saturated heterocycles. The maximum absolute atomic E-state index is 12.8. The minimum absolute atomic E-state index is 0.0294. The molecule has 0 rings (SSSR count). The van der Waals surface area contributed by atoms with Crippen LogP contribution in [0.25, 0.3) is 0 Å². The first-order chi connectivity index (χ1) is 24.4. The molecule has 1 amide bonds. The van der Waals surface area contributed by atoms with Crippen LogP contribution in [0, 0.1) is 0 Å². The third-order valence-electron chi connectivity index (χ3n) is 7.68. The molecular weight excluding hydrogens is 663 g/mol. The van der Waals surface area contributed by atoms with Crippen molar-refractivity contribution in [1.29, 1.82) is 0 Å². The maximum Gasteiger partial charge on any atom is 0.472 e. The Morgan fingerprint density at radius 1 is 0.745 bits per heavy atom. The van der Waals surface area contributed by atoms with Gasteiger partial charge in [0.2, 0.25) is 5.91 Å². The molecule has 0 fully saturated rings. The zero-order chi connectivity index (χ0) is 38.1. The van der Waals surface area contributed by atoms with Gasteiger partial charge in [0.05, 0.1) is 46.0 Å². The summed E-state index contributed by atoms with van der Waals surface area (Å²) in [7, 11) is 1.46. The van der Waals surface area contributed by atoms with Gasteiger partial charge in [0.1, 0.15) is 13.2 Å². The van der Waals surface area contributed by atoms with Crippen LogP contribution in [0.15, 0.2) is 85.1 Å². The lowest BCUT2D eigenvalue weighted by Gasteiger charge is -2.25. The normalized spacial score (nSPS) is 16.2. The number of aliphatic hydroxyl groups excluding tert-OH is 2. The van der Waals surface area contributed by atoms with Gasteiger partial charge in [-0.3, -0.25) is 13.8 Å². The van der Waals surface area contributed by atoms with Crippen molar-refractivity contribution in [2.45, 2.75) is 128 Å². The summed E-state index contributed by atoms with van der Waals surface area (Å²) in [6.45, 7) is 4.48. The number of hydrogen-bond donors (Lipinski definition) is 4. The summed E-state index contributed by atoms with van der Waals surface area (Å²) in [5, 5.41) is 23.7. The van der Waals surface area contributed by atoms with E-state index >= 15 is 0 Å². The monoisotopic (exact) mass is 736 g/mol. The number of phosphoric ester groups is 1. The number of nitrogens with one attached hydrogen (secondary N) is 1. The first-order valence-electron chi connectivity index (χ1n) is 19.1. The smallest absolute Gasteiger partial charge is 0.389 e. The Balaban J connectivity index is 4.76. The Hall–Kier alpha value is -2.36. The number of hydrogen-bond acceptors (Lipinski definition) is 6. The maximum atomic E-state index is 12.8. The van der Waals surface area contributed by atoms with Crippen LogP contribution in [-0.2, 0) is 18.4 Å². The van der Waals surface area contributed by atoms with E-state index in [0.717, 1.165) is 38.5 Å². The Kier molecular flexibility index (Phi) is 30.8. The molecule has 0 aliphatic heterocycles. The predicted octanol–water partition coefficient (Wildman–Crippen LogP) is 8.82. The molecule has 9 nitrogen and oxygen atoms in total. The molecule has 10 heteroatoms. The molecule has 0 aliphatic carbocycles. The lowest BCUT2D eigenvalue weighted by Crippen LogP contribution is -2.45. The number of likely N-dealkylation sites (N-methyl/N-ethyl adjacent to an activating group) is 1. The number of carbonyl (C=O) groups excluding carboxylic acids is 1. The summed E-state index contributed by atoms with van der Waals surface area (Å²) >= 11 is 0. The van der Waals surface area contributed by atoms with E-state index < -0.39 is 26.1 Å². The zero-order valence-corrected chi connectivity index (χ0v) is 33.3. The fourth-order valence-electron chi connectivity index (χ4n) is 4.58. The number of amides is 1. The number of carbonyl (C=O) groups is 1. The van der Waals surface area contributed by atoms with Gasteiger partial charge in [-0.05, 0) is 64.2 Å². The number of nitrogens with zero attached hydrogens (tertiary/aromatic N) is 1. The van der Waals surface area contributed by atoms with E-state index in [1.165, 1.54) is 32.1 Å². The number of rotatable bonds is 32. The molecule has 0 heterocycles. The average Bonchev–Trinajstić information content (AvgIpc) is 3.07. The summed E-state index contributed by atoms with van der Waals surface area (Å²) in [5.41, 5.74) is 0. The molecule has 0 bridgehead atoms. The molecular formula is C41H72N2O7P+. The summed E-state index contributed by atoms with van der Waals surface area (Å²) < 4.78 is 23.3. The van der Waals surface area contributed by atoms with Gasteiger partial charge in [0.15, 0.2) is 0 Å². The molecule has 0 saturated carbocycles. The molecule has 4 atom stereocenters. The minimum Gasteiger partial charge on any atom is -0.389 e. The summed E-state index contributed by atoms with van der Waals surface area (Å²) in [6, 6.07) is -0.916. The fraction of sp³-hybridized carbons (Fsp3) is 0.634. The van der Waals surface area contributed by atoms with E-state index in [9.17, 15) is 24.5 Å².